The number of amides is 1. The zero-order valence-corrected chi connectivity index (χ0v) is 7.74. The maximum atomic E-state index is 12.8. The highest BCUT2D eigenvalue weighted by Crippen LogP contribution is 2.19. The highest BCUT2D eigenvalue weighted by Gasteiger charge is 2.05. The number of phenols is 1. The molecule has 82 valence electrons. The minimum Gasteiger partial charge on any atom is -0.505 e. The van der Waals surface area contributed by atoms with Gasteiger partial charge in [-0.15, -0.1) is 0 Å². The van der Waals surface area contributed by atoms with Gasteiger partial charge < -0.3 is 14.9 Å². The Bertz CT molecular complexity index is 356. The van der Waals surface area contributed by atoms with Gasteiger partial charge in [0.2, 0.25) is 0 Å². The second-order valence-electron chi connectivity index (χ2n) is 2.65. The van der Waals surface area contributed by atoms with E-state index in [0.29, 0.717) is 0 Å². The van der Waals surface area contributed by atoms with Crippen LogP contribution < -0.4 is 5.32 Å². The van der Waals surface area contributed by atoms with E-state index in [0.717, 1.165) is 12.1 Å². The van der Waals surface area contributed by atoms with Crippen LogP contribution >= 0.6 is 0 Å². The fraction of sp³-hybridized carbons (Fsp3) is 0.222. The van der Waals surface area contributed by atoms with Gasteiger partial charge in [0.25, 0.3) is 0 Å². The Morgan fingerprint density at radius 1 is 1.53 bits per heavy atom. The van der Waals surface area contributed by atoms with Crippen molar-refractivity contribution in [3.8, 4) is 5.75 Å². The van der Waals surface area contributed by atoms with Crippen LogP contribution in [0.5, 0.6) is 5.75 Å². The number of aliphatic hydroxyl groups is 1. The van der Waals surface area contributed by atoms with Gasteiger partial charge in [-0.2, -0.15) is 0 Å². The summed E-state index contributed by atoms with van der Waals surface area (Å²) in [5.41, 5.74) is 0.160. The van der Waals surface area contributed by atoms with E-state index < -0.39 is 17.7 Å². The number of anilines is 1. The predicted octanol–water partition coefficient (Wildman–Crippen LogP) is 1.07. The molecule has 6 heteroatoms. The standard InChI is InChI=1S/C9H10FNO4/c10-7-5-6(1-2-8(7)13)11-9(14)15-4-3-12/h1-2,5,12-13H,3-4H2,(H,11,14). The third-order valence-electron chi connectivity index (χ3n) is 1.52. The zero-order valence-electron chi connectivity index (χ0n) is 7.74. The van der Waals surface area contributed by atoms with Crippen molar-refractivity contribution in [2.75, 3.05) is 18.5 Å². The summed E-state index contributed by atoms with van der Waals surface area (Å²) in [6, 6.07) is 3.38. The molecule has 0 aliphatic rings. The third-order valence-corrected chi connectivity index (χ3v) is 1.52. The molecule has 0 unspecified atom stereocenters. The minimum atomic E-state index is -0.838. The Labute approximate surface area is 85.1 Å². The van der Waals surface area contributed by atoms with Crippen molar-refractivity contribution < 1.29 is 24.1 Å². The molecule has 0 aliphatic carbocycles. The third kappa shape index (κ3) is 3.43. The van der Waals surface area contributed by atoms with Crippen LogP contribution in [0.25, 0.3) is 0 Å². The van der Waals surface area contributed by atoms with Gasteiger partial charge in [0.15, 0.2) is 11.6 Å². The molecule has 1 rings (SSSR count). The predicted molar refractivity (Wildman–Crippen MR) is 50.1 cm³/mol. The Morgan fingerprint density at radius 3 is 2.87 bits per heavy atom. The van der Waals surface area contributed by atoms with Gasteiger partial charge in [0.05, 0.1) is 6.61 Å². The minimum absolute atomic E-state index is 0.133. The van der Waals surface area contributed by atoms with Gasteiger partial charge in [0.1, 0.15) is 6.61 Å². The number of carbonyl (C=O) groups excluding carboxylic acids is 1. The maximum absolute atomic E-state index is 12.8. The van der Waals surface area contributed by atoms with Gasteiger partial charge in [0, 0.05) is 11.8 Å². The Morgan fingerprint density at radius 2 is 2.27 bits per heavy atom. The highest BCUT2D eigenvalue weighted by atomic mass is 19.1. The van der Waals surface area contributed by atoms with E-state index in [1.165, 1.54) is 6.07 Å². The molecule has 0 fully saturated rings. The smallest absolute Gasteiger partial charge is 0.411 e. The van der Waals surface area contributed by atoms with Crippen molar-refractivity contribution in [3.05, 3.63) is 24.0 Å². The van der Waals surface area contributed by atoms with Crippen LogP contribution in [0.3, 0.4) is 0 Å². The summed E-state index contributed by atoms with van der Waals surface area (Å²) in [5, 5.41) is 19.5. The number of halogens is 1. The zero-order chi connectivity index (χ0) is 11.3. The number of hydrogen-bond donors (Lipinski definition) is 3. The molecule has 0 saturated heterocycles. The number of ether oxygens (including phenoxy) is 1. The quantitative estimate of drug-likeness (QED) is 0.659. The molecule has 0 radical (unpaired) electrons. The molecule has 0 spiro atoms. The van der Waals surface area contributed by atoms with Crippen LogP contribution in [0.1, 0.15) is 0 Å². The molecule has 5 nitrogen and oxygen atoms in total. The normalized spacial score (nSPS) is 9.73. The Balaban J connectivity index is 2.57. The summed E-state index contributed by atoms with van der Waals surface area (Å²) in [4.78, 5) is 10.9. The molecular formula is C9H10FNO4. The van der Waals surface area contributed by atoms with Gasteiger partial charge in [-0.1, -0.05) is 0 Å². The number of hydrogen-bond acceptors (Lipinski definition) is 4. The number of aliphatic hydroxyl groups excluding tert-OH is 1. The summed E-state index contributed by atoms with van der Waals surface area (Å²) in [5.74, 6) is -1.33. The summed E-state index contributed by atoms with van der Waals surface area (Å²) < 4.78 is 17.3. The van der Waals surface area contributed by atoms with Crippen molar-refractivity contribution in [1.82, 2.24) is 0 Å². The van der Waals surface area contributed by atoms with E-state index in [9.17, 15) is 9.18 Å². The van der Waals surface area contributed by atoms with E-state index in [2.05, 4.69) is 10.1 Å². The van der Waals surface area contributed by atoms with E-state index in [4.69, 9.17) is 10.2 Å². The van der Waals surface area contributed by atoms with E-state index in [1.54, 1.807) is 0 Å². The van der Waals surface area contributed by atoms with Gasteiger partial charge in [-0.25, -0.2) is 9.18 Å². The molecule has 1 aromatic rings. The molecule has 0 aromatic heterocycles. The van der Waals surface area contributed by atoms with Crippen molar-refractivity contribution in [2.45, 2.75) is 0 Å². The van der Waals surface area contributed by atoms with E-state index >= 15 is 0 Å². The lowest BCUT2D eigenvalue weighted by Gasteiger charge is -2.05. The lowest BCUT2D eigenvalue weighted by Crippen LogP contribution is -2.15. The first kappa shape index (κ1) is 11.3. The SMILES string of the molecule is O=C(Nc1ccc(O)c(F)c1)OCCO. The summed E-state index contributed by atoms with van der Waals surface area (Å²) in [6.45, 7) is -0.413. The Hall–Kier alpha value is -1.82. The molecular weight excluding hydrogens is 205 g/mol. The van der Waals surface area contributed by atoms with Gasteiger partial charge >= 0.3 is 6.09 Å². The molecule has 3 N–H and O–H groups in total. The van der Waals surface area contributed by atoms with Crippen molar-refractivity contribution in [1.29, 1.82) is 0 Å². The van der Waals surface area contributed by atoms with E-state index in [1.807, 2.05) is 0 Å². The van der Waals surface area contributed by atoms with Gasteiger partial charge in [-0.3, -0.25) is 5.32 Å². The maximum Gasteiger partial charge on any atom is 0.411 e. The number of phenolic OH excluding ortho intramolecular Hbond substituents is 1. The lowest BCUT2D eigenvalue weighted by atomic mass is 10.3. The number of carbonyl (C=O) groups is 1. The molecule has 0 bridgehead atoms. The second-order valence-corrected chi connectivity index (χ2v) is 2.65. The second kappa shape index (κ2) is 5.16. The van der Waals surface area contributed by atoms with Gasteiger partial charge in [-0.05, 0) is 12.1 Å². The highest BCUT2D eigenvalue weighted by molar-refractivity contribution is 5.84. The van der Waals surface area contributed by atoms with Crippen molar-refractivity contribution >= 4 is 11.8 Å². The largest absolute Gasteiger partial charge is 0.505 e. The van der Waals surface area contributed by atoms with Crippen LogP contribution in [0.2, 0.25) is 0 Å². The van der Waals surface area contributed by atoms with Crippen molar-refractivity contribution in [3.63, 3.8) is 0 Å². The fourth-order valence-corrected chi connectivity index (χ4v) is 0.877. The number of rotatable bonds is 3. The van der Waals surface area contributed by atoms with Crippen LogP contribution in [0.15, 0.2) is 18.2 Å². The first-order valence-corrected chi connectivity index (χ1v) is 4.16. The molecule has 0 saturated carbocycles. The topological polar surface area (TPSA) is 78.8 Å². The molecule has 1 aromatic carbocycles. The van der Waals surface area contributed by atoms with Crippen LogP contribution in [0, 0.1) is 5.82 Å². The van der Waals surface area contributed by atoms with Crippen molar-refractivity contribution in [2.24, 2.45) is 0 Å². The van der Waals surface area contributed by atoms with Crippen LogP contribution in [0.4, 0.5) is 14.9 Å². The van der Waals surface area contributed by atoms with Crippen LogP contribution in [-0.4, -0.2) is 29.5 Å². The summed E-state index contributed by atoms with van der Waals surface area (Å²) in [7, 11) is 0. The van der Waals surface area contributed by atoms with E-state index in [-0.39, 0.29) is 18.9 Å². The number of benzene rings is 1. The average molecular weight is 215 g/mol. The molecule has 0 heterocycles. The monoisotopic (exact) mass is 215 g/mol. The lowest BCUT2D eigenvalue weighted by molar-refractivity contribution is 0.131. The molecule has 15 heavy (non-hydrogen) atoms. The van der Waals surface area contributed by atoms with Crippen LogP contribution in [-0.2, 0) is 4.74 Å². The molecule has 0 atom stereocenters. The number of nitrogens with one attached hydrogen (secondary N) is 1. The average Bonchev–Trinajstić information content (AvgIpc) is 2.20. The Kier molecular flexibility index (Phi) is 3.87. The first-order valence-electron chi connectivity index (χ1n) is 4.16. The molecule has 1 amide bonds. The summed E-state index contributed by atoms with van der Waals surface area (Å²) >= 11 is 0. The first-order chi connectivity index (χ1) is 7.13. The summed E-state index contributed by atoms with van der Waals surface area (Å²) in [6.07, 6.45) is -0.797. The molecule has 0 aliphatic heterocycles. The fourth-order valence-electron chi connectivity index (χ4n) is 0.877. The number of aromatic hydroxyl groups is 1.